The van der Waals surface area contributed by atoms with Crippen molar-refractivity contribution >= 4 is 44.4 Å². The van der Waals surface area contributed by atoms with Crippen LogP contribution in [0.25, 0.3) is 11.0 Å². The fourth-order valence-electron chi connectivity index (χ4n) is 6.24. The van der Waals surface area contributed by atoms with Crippen molar-refractivity contribution in [2.75, 3.05) is 5.32 Å². The Morgan fingerprint density at radius 2 is 1.54 bits per heavy atom. The highest BCUT2D eigenvalue weighted by Gasteiger charge is 2.36. The zero-order chi connectivity index (χ0) is 38.8. The van der Waals surface area contributed by atoms with E-state index < -0.39 is 28.1 Å². The number of nitrogens with one attached hydrogen (secondary N) is 3. The monoisotopic (exact) mass is 748 g/mol. The van der Waals surface area contributed by atoms with Crippen LogP contribution in [0.5, 0.6) is 5.75 Å². The second kappa shape index (κ2) is 15.2. The number of amides is 2. The molecule has 11 nitrogen and oxygen atoms in total. The Bertz CT molecular complexity index is 2330. The van der Waals surface area contributed by atoms with Gasteiger partial charge in [0.25, 0.3) is 11.8 Å². The number of rotatable bonds is 13. The first-order valence-corrected chi connectivity index (χ1v) is 19.8. The summed E-state index contributed by atoms with van der Waals surface area (Å²) < 4.78 is 37.5. The quantitative estimate of drug-likeness (QED) is 0.112. The molecule has 12 heteroatoms. The Labute approximate surface area is 317 Å². The Hall–Kier alpha value is -5.33. The molecule has 6 rings (SSSR count). The van der Waals surface area contributed by atoms with Gasteiger partial charge in [0.2, 0.25) is 10.0 Å². The van der Waals surface area contributed by atoms with Crippen LogP contribution in [-0.2, 0) is 25.6 Å². The van der Waals surface area contributed by atoms with Crippen molar-refractivity contribution in [3.63, 3.8) is 0 Å². The number of anilines is 1. The summed E-state index contributed by atoms with van der Waals surface area (Å²) in [6, 6.07) is 26.9. The molecule has 54 heavy (non-hydrogen) atoms. The first-order chi connectivity index (χ1) is 25.7. The predicted octanol–water partition coefficient (Wildman–Crippen LogP) is 7.83. The van der Waals surface area contributed by atoms with Gasteiger partial charge in [-0.1, -0.05) is 97.0 Å². The third kappa shape index (κ3) is 7.81. The predicted molar refractivity (Wildman–Crippen MR) is 212 cm³/mol. The molecule has 2 atom stereocenters. The summed E-state index contributed by atoms with van der Waals surface area (Å²) >= 11 is 0. The molecular weight excluding hydrogens is 701 g/mol. The first-order valence-electron chi connectivity index (χ1n) is 18.3. The van der Waals surface area contributed by atoms with Crippen LogP contribution in [0.2, 0.25) is 0 Å². The number of fused-ring (bicyclic) bond motifs is 3. The van der Waals surface area contributed by atoms with Crippen LogP contribution in [0, 0.1) is 0 Å². The molecule has 0 saturated heterocycles. The topological polar surface area (TPSA) is 144 Å². The maximum Gasteiger partial charge on any atom is 0.265 e. The smallest absolute Gasteiger partial charge is 0.265 e. The molecule has 1 aromatic heterocycles. The number of aromatic nitrogens is 2. The maximum absolute atomic E-state index is 13.7. The minimum Gasteiger partial charge on any atom is -0.480 e. The Morgan fingerprint density at radius 1 is 0.833 bits per heavy atom. The van der Waals surface area contributed by atoms with Crippen molar-refractivity contribution in [2.24, 2.45) is 5.10 Å². The van der Waals surface area contributed by atoms with Crippen molar-refractivity contribution in [1.29, 1.82) is 0 Å². The van der Waals surface area contributed by atoms with Crippen LogP contribution < -0.4 is 20.1 Å². The van der Waals surface area contributed by atoms with Gasteiger partial charge in [0, 0.05) is 16.8 Å². The number of amidine groups is 1. The molecule has 0 saturated carbocycles. The molecule has 0 radical (unpaired) electrons. The van der Waals surface area contributed by atoms with Crippen LogP contribution in [0.3, 0.4) is 0 Å². The molecule has 5 aromatic rings. The highest BCUT2D eigenvalue weighted by Crippen LogP contribution is 2.39. The van der Waals surface area contributed by atoms with Gasteiger partial charge in [0.1, 0.15) is 11.8 Å². The molecule has 1 aliphatic rings. The number of benzene rings is 4. The van der Waals surface area contributed by atoms with E-state index in [9.17, 15) is 18.0 Å². The lowest BCUT2D eigenvalue weighted by Gasteiger charge is -2.31. The number of imidazole rings is 1. The van der Waals surface area contributed by atoms with Gasteiger partial charge in [-0.3, -0.25) is 9.59 Å². The Morgan fingerprint density at radius 3 is 2.24 bits per heavy atom. The third-order valence-corrected chi connectivity index (χ3v) is 11.9. The minimum absolute atomic E-state index is 0.00617. The van der Waals surface area contributed by atoms with E-state index in [1.165, 1.54) is 22.4 Å². The van der Waals surface area contributed by atoms with Crippen molar-refractivity contribution in [2.45, 2.75) is 95.6 Å². The van der Waals surface area contributed by atoms with Gasteiger partial charge in [0.05, 0.1) is 15.9 Å². The molecule has 282 valence electrons. The average Bonchev–Trinajstić information content (AvgIpc) is 3.69. The normalized spacial score (nSPS) is 15.0. The van der Waals surface area contributed by atoms with Crippen LogP contribution in [0.15, 0.2) is 107 Å². The van der Waals surface area contributed by atoms with Gasteiger partial charge in [-0.05, 0) is 84.2 Å². The summed E-state index contributed by atoms with van der Waals surface area (Å²) in [5.74, 6) is 0.150. The van der Waals surface area contributed by atoms with Gasteiger partial charge in [-0.2, -0.15) is 9.82 Å². The van der Waals surface area contributed by atoms with E-state index in [0.29, 0.717) is 34.7 Å². The van der Waals surface area contributed by atoms with Crippen molar-refractivity contribution in [1.82, 2.24) is 19.7 Å². The van der Waals surface area contributed by atoms with E-state index in [1.807, 2.05) is 31.2 Å². The number of sulfonamides is 1. The molecule has 2 heterocycles. The van der Waals surface area contributed by atoms with Gasteiger partial charge in [-0.15, -0.1) is 0 Å². The van der Waals surface area contributed by atoms with Crippen molar-refractivity contribution < 1.29 is 22.7 Å². The van der Waals surface area contributed by atoms with Gasteiger partial charge in [0.15, 0.2) is 17.8 Å². The summed E-state index contributed by atoms with van der Waals surface area (Å²) in [7, 11) is -4.03. The molecule has 0 spiro atoms. The lowest BCUT2D eigenvalue weighted by Crippen LogP contribution is -2.41. The summed E-state index contributed by atoms with van der Waals surface area (Å²) in [6.45, 7) is 15.0. The lowest BCUT2D eigenvalue weighted by molar-refractivity contribution is -0.122. The van der Waals surface area contributed by atoms with E-state index in [4.69, 9.17) is 4.74 Å². The van der Waals surface area contributed by atoms with E-state index >= 15 is 0 Å². The lowest BCUT2D eigenvalue weighted by atomic mass is 9.76. The minimum atomic E-state index is -4.03. The summed E-state index contributed by atoms with van der Waals surface area (Å²) in [6.07, 6.45) is 1.51. The summed E-state index contributed by atoms with van der Waals surface area (Å²) in [5.41, 5.74) is 4.01. The molecule has 2 amide bonds. The van der Waals surface area contributed by atoms with Gasteiger partial charge < -0.3 is 15.4 Å². The number of carbonyl (C=O) groups excluding carboxylic acids is 2. The largest absolute Gasteiger partial charge is 0.480 e. The molecule has 0 aliphatic carbocycles. The molecule has 0 bridgehead atoms. The number of hydrogen-bond acceptors (Lipinski definition) is 7. The third-order valence-electron chi connectivity index (χ3n) is 10.5. The number of ether oxygens (including phenoxy) is 1. The number of carbonyl (C=O) groups is 2. The van der Waals surface area contributed by atoms with Crippen LogP contribution >= 0.6 is 0 Å². The van der Waals surface area contributed by atoms with Crippen LogP contribution in [0.4, 0.5) is 5.69 Å². The van der Waals surface area contributed by atoms with E-state index in [1.54, 1.807) is 48.5 Å². The second-order valence-corrected chi connectivity index (χ2v) is 16.6. The molecular formula is C42H48N6O5S. The summed E-state index contributed by atoms with van der Waals surface area (Å²) in [4.78, 5) is 32.1. The summed E-state index contributed by atoms with van der Waals surface area (Å²) in [5, 5.41) is 10.3. The number of nitrogens with zero attached hydrogens (tertiary/aromatic N) is 3. The van der Waals surface area contributed by atoms with E-state index in [-0.39, 0.29) is 33.0 Å². The second-order valence-electron chi connectivity index (χ2n) is 14.8. The zero-order valence-electron chi connectivity index (χ0n) is 31.8. The van der Waals surface area contributed by atoms with Crippen LogP contribution in [0.1, 0.15) is 101 Å². The fourth-order valence-corrected chi connectivity index (χ4v) is 7.42. The average molecular weight is 749 g/mol. The first kappa shape index (κ1) is 38.4. The molecule has 3 N–H and O–H groups in total. The van der Waals surface area contributed by atoms with Gasteiger partial charge >= 0.3 is 0 Å². The molecule has 1 aliphatic heterocycles. The standard InChI is InChI=1S/C42H48N6O5S/c1-8-34(53-35-24-23-28(41(4,5)9-2)26-31(35)42(6,7)10-3)40(50)43-29-18-16-17-27(25-29)39(49)45-37-36(47-54(51,52)30-19-12-11-13-20-30)38-44-32-21-14-15-22-33(32)48(38)46-37/h11-26,34,36,47H,8-10H2,1-7H3,(H,43,50)(H,45,46,49). The zero-order valence-corrected chi connectivity index (χ0v) is 32.6. The molecule has 0 fully saturated rings. The SMILES string of the molecule is CCC(Oc1ccc(C(C)(C)CC)cc1C(C)(C)CC)C(=O)Nc1cccc(C(=O)NC2=Nn3c(nc4ccccc43)C2NS(=O)(=O)c2ccccc2)c1. The fraction of sp³-hybridized carbons (Fsp3) is 0.333. The number of hydrogen-bond donors (Lipinski definition) is 3. The van der Waals surface area contributed by atoms with Crippen molar-refractivity contribution in [3.8, 4) is 5.75 Å². The van der Waals surface area contributed by atoms with Crippen molar-refractivity contribution in [3.05, 3.63) is 120 Å². The van der Waals surface area contributed by atoms with Crippen LogP contribution in [-0.4, -0.2) is 41.8 Å². The highest BCUT2D eigenvalue weighted by atomic mass is 32.2. The Kier molecular flexibility index (Phi) is 10.8. The Balaban J connectivity index is 1.21. The van der Waals surface area contributed by atoms with E-state index in [2.05, 4.69) is 79.1 Å². The van der Waals surface area contributed by atoms with Gasteiger partial charge in [-0.25, -0.2) is 18.1 Å². The highest BCUT2D eigenvalue weighted by molar-refractivity contribution is 7.89. The number of para-hydroxylation sites is 2. The molecule has 4 aromatic carbocycles. The maximum atomic E-state index is 13.7. The van der Waals surface area contributed by atoms with E-state index in [0.717, 1.165) is 18.4 Å². The molecule has 2 unspecified atom stereocenters.